The number of carbonyl (C=O) groups is 1. The first kappa shape index (κ1) is 13.1. The summed E-state index contributed by atoms with van der Waals surface area (Å²) in [5.74, 6) is -0.105. The van der Waals surface area contributed by atoms with Crippen LogP contribution in [0, 0.1) is 6.92 Å². The molecule has 6 nitrogen and oxygen atoms in total. The number of rotatable bonds is 2. The van der Waals surface area contributed by atoms with E-state index in [0.717, 1.165) is 10.7 Å². The summed E-state index contributed by atoms with van der Waals surface area (Å²) in [6.07, 6.45) is 2.96. The normalized spacial score (nSPS) is 19.1. The number of thiazole rings is 1. The Balaban J connectivity index is 1.87. The Labute approximate surface area is 120 Å². The molecule has 0 radical (unpaired) electrons. The van der Waals surface area contributed by atoms with Crippen LogP contribution in [0.4, 0.5) is 0 Å². The predicted molar refractivity (Wildman–Crippen MR) is 73.5 cm³/mol. The second-order valence-corrected chi connectivity index (χ2v) is 5.54. The van der Waals surface area contributed by atoms with E-state index in [9.17, 15) is 4.79 Å². The minimum absolute atomic E-state index is 0.105. The van der Waals surface area contributed by atoms with Crippen molar-refractivity contribution in [2.45, 2.75) is 13.0 Å². The van der Waals surface area contributed by atoms with Gasteiger partial charge in [0.2, 0.25) is 0 Å². The topological polar surface area (TPSA) is 68.2 Å². The average molecular weight is 290 g/mol. The largest absolute Gasteiger partial charge is 0.377 e. The summed E-state index contributed by atoms with van der Waals surface area (Å²) in [5.41, 5.74) is 1.29. The van der Waals surface area contributed by atoms with Crippen molar-refractivity contribution in [3.05, 3.63) is 40.4 Å². The zero-order chi connectivity index (χ0) is 13.9. The van der Waals surface area contributed by atoms with Crippen molar-refractivity contribution in [2.24, 2.45) is 0 Å². The molecule has 1 fully saturated rings. The zero-order valence-corrected chi connectivity index (χ0v) is 11.8. The summed E-state index contributed by atoms with van der Waals surface area (Å²) in [6.45, 7) is 3.51. The Kier molecular flexibility index (Phi) is 3.70. The first-order valence-electron chi connectivity index (χ1n) is 6.32. The third-order valence-electron chi connectivity index (χ3n) is 3.17. The predicted octanol–water partition coefficient (Wildman–Crippen LogP) is 1.46. The quantitative estimate of drug-likeness (QED) is 0.837. The highest BCUT2D eigenvalue weighted by Crippen LogP contribution is 2.26. The number of nitrogens with zero attached hydrogens (tertiary/aromatic N) is 4. The van der Waals surface area contributed by atoms with Gasteiger partial charge in [0.15, 0.2) is 0 Å². The maximum atomic E-state index is 12.5. The molecule has 2 aromatic rings. The van der Waals surface area contributed by atoms with Crippen molar-refractivity contribution in [3.8, 4) is 0 Å². The van der Waals surface area contributed by atoms with E-state index in [1.54, 1.807) is 28.5 Å². The second-order valence-electron chi connectivity index (χ2n) is 4.48. The number of carbonyl (C=O) groups excluding carboxylic acids is 1. The Morgan fingerprint density at radius 3 is 3.15 bits per heavy atom. The van der Waals surface area contributed by atoms with Crippen molar-refractivity contribution < 1.29 is 9.53 Å². The Morgan fingerprint density at radius 2 is 2.45 bits per heavy atom. The molecule has 7 heteroatoms. The van der Waals surface area contributed by atoms with Gasteiger partial charge in [-0.15, -0.1) is 11.3 Å². The van der Waals surface area contributed by atoms with Gasteiger partial charge in [0, 0.05) is 18.1 Å². The van der Waals surface area contributed by atoms with Crippen LogP contribution in [0.5, 0.6) is 0 Å². The molecule has 3 rings (SSSR count). The van der Waals surface area contributed by atoms with Gasteiger partial charge in [0.05, 0.1) is 30.0 Å². The van der Waals surface area contributed by atoms with Crippen LogP contribution in [0.3, 0.4) is 0 Å². The molecule has 0 spiro atoms. The first-order valence-corrected chi connectivity index (χ1v) is 7.20. The van der Waals surface area contributed by atoms with Gasteiger partial charge < -0.3 is 9.64 Å². The van der Waals surface area contributed by atoms with Gasteiger partial charge in [0.1, 0.15) is 12.0 Å². The van der Waals surface area contributed by atoms with E-state index in [4.69, 9.17) is 4.74 Å². The number of amides is 1. The van der Waals surface area contributed by atoms with Crippen LogP contribution >= 0.6 is 11.3 Å². The molecule has 1 atom stereocenters. The van der Waals surface area contributed by atoms with Crippen molar-refractivity contribution in [2.75, 3.05) is 19.8 Å². The lowest BCUT2D eigenvalue weighted by atomic mass is 10.1. The van der Waals surface area contributed by atoms with Crippen LogP contribution in [-0.4, -0.2) is 45.5 Å². The average Bonchev–Trinajstić information content (AvgIpc) is 2.94. The Bertz CT molecular complexity index is 601. The molecule has 20 heavy (non-hydrogen) atoms. The number of hydrogen-bond acceptors (Lipinski definition) is 6. The molecule has 0 bridgehead atoms. The molecule has 1 amide bonds. The second kappa shape index (κ2) is 5.64. The standard InChI is InChI=1S/C13H14N4O2S/c1-9-16-11(7-20-9)12-6-19-5-4-17(12)13(18)10-2-3-14-8-15-10/h2-3,7-8,12H,4-6H2,1H3/t12-/m0/s1. The highest BCUT2D eigenvalue weighted by atomic mass is 32.1. The van der Waals surface area contributed by atoms with E-state index >= 15 is 0 Å². The fourth-order valence-corrected chi connectivity index (χ4v) is 2.85. The van der Waals surface area contributed by atoms with Gasteiger partial charge in [-0.25, -0.2) is 15.0 Å². The van der Waals surface area contributed by atoms with Crippen LogP contribution in [0.25, 0.3) is 0 Å². The van der Waals surface area contributed by atoms with E-state index in [0.29, 0.717) is 25.5 Å². The molecule has 1 aliphatic heterocycles. The van der Waals surface area contributed by atoms with Crippen molar-refractivity contribution >= 4 is 17.2 Å². The third kappa shape index (κ3) is 2.54. The van der Waals surface area contributed by atoms with Gasteiger partial charge in [-0.05, 0) is 13.0 Å². The van der Waals surface area contributed by atoms with Crippen molar-refractivity contribution in [3.63, 3.8) is 0 Å². The lowest BCUT2D eigenvalue weighted by Gasteiger charge is -2.34. The molecule has 0 unspecified atom stereocenters. The fourth-order valence-electron chi connectivity index (χ4n) is 2.19. The van der Waals surface area contributed by atoms with Gasteiger partial charge in [0.25, 0.3) is 5.91 Å². The molecule has 2 aromatic heterocycles. The number of aryl methyl sites for hydroxylation is 1. The van der Waals surface area contributed by atoms with Crippen LogP contribution in [0.1, 0.15) is 27.2 Å². The van der Waals surface area contributed by atoms with Crippen molar-refractivity contribution in [1.82, 2.24) is 19.9 Å². The molecule has 1 aliphatic rings. The maximum Gasteiger partial charge on any atom is 0.273 e. The number of morpholine rings is 1. The maximum absolute atomic E-state index is 12.5. The molecule has 104 valence electrons. The van der Waals surface area contributed by atoms with Gasteiger partial charge in [-0.3, -0.25) is 4.79 Å². The molecule has 0 N–H and O–H groups in total. The number of ether oxygens (including phenoxy) is 1. The Hall–Kier alpha value is -1.86. The van der Waals surface area contributed by atoms with Crippen LogP contribution < -0.4 is 0 Å². The lowest BCUT2D eigenvalue weighted by molar-refractivity contribution is -0.00408. The summed E-state index contributed by atoms with van der Waals surface area (Å²) in [6, 6.07) is 1.48. The third-order valence-corrected chi connectivity index (χ3v) is 3.96. The van der Waals surface area contributed by atoms with E-state index < -0.39 is 0 Å². The summed E-state index contributed by atoms with van der Waals surface area (Å²) in [4.78, 5) is 26.7. The van der Waals surface area contributed by atoms with E-state index in [1.807, 2.05) is 12.3 Å². The van der Waals surface area contributed by atoms with Gasteiger partial charge in [-0.2, -0.15) is 0 Å². The molecule has 0 aromatic carbocycles. The molecule has 3 heterocycles. The van der Waals surface area contributed by atoms with Crippen LogP contribution in [-0.2, 0) is 4.74 Å². The minimum Gasteiger partial charge on any atom is -0.377 e. The molecular weight excluding hydrogens is 276 g/mol. The zero-order valence-electron chi connectivity index (χ0n) is 11.0. The smallest absolute Gasteiger partial charge is 0.273 e. The monoisotopic (exact) mass is 290 g/mol. The molecular formula is C13H14N4O2S. The van der Waals surface area contributed by atoms with E-state index in [-0.39, 0.29) is 11.9 Å². The Morgan fingerprint density at radius 1 is 1.55 bits per heavy atom. The fraction of sp³-hybridized carbons (Fsp3) is 0.385. The number of aromatic nitrogens is 3. The minimum atomic E-state index is -0.142. The highest BCUT2D eigenvalue weighted by Gasteiger charge is 2.31. The molecule has 1 saturated heterocycles. The lowest BCUT2D eigenvalue weighted by Crippen LogP contribution is -2.43. The van der Waals surface area contributed by atoms with Crippen molar-refractivity contribution in [1.29, 1.82) is 0 Å². The highest BCUT2D eigenvalue weighted by molar-refractivity contribution is 7.09. The molecule has 0 aliphatic carbocycles. The number of hydrogen-bond donors (Lipinski definition) is 0. The summed E-state index contributed by atoms with van der Waals surface area (Å²) in [5, 5.41) is 2.97. The summed E-state index contributed by atoms with van der Waals surface area (Å²) in [7, 11) is 0. The van der Waals surface area contributed by atoms with E-state index in [2.05, 4.69) is 15.0 Å². The van der Waals surface area contributed by atoms with Crippen LogP contribution in [0.15, 0.2) is 24.0 Å². The van der Waals surface area contributed by atoms with Gasteiger partial charge in [-0.1, -0.05) is 0 Å². The van der Waals surface area contributed by atoms with Gasteiger partial charge >= 0.3 is 0 Å². The summed E-state index contributed by atoms with van der Waals surface area (Å²) >= 11 is 1.58. The first-order chi connectivity index (χ1) is 9.75. The SMILES string of the molecule is Cc1nc([C@@H]2COCCN2C(=O)c2ccncn2)cs1. The summed E-state index contributed by atoms with van der Waals surface area (Å²) < 4.78 is 5.50. The van der Waals surface area contributed by atoms with E-state index in [1.165, 1.54) is 6.33 Å². The van der Waals surface area contributed by atoms with Crippen LogP contribution in [0.2, 0.25) is 0 Å². The molecule has 0 saturated carbocycles.